The first-order valence-corrected chi connectivity index (χ1v) is 6.41. The molecule has 0 bridgehead atoms. The number of hydrogen-bond donors (Lipinski definition) is 0. The van der Waals surface area contributed by atoms with Crippen LogP contribution in [-0.2, 0) is 0 Å². The van der Waals surface area contributed by atoms with Gasteiger partial charge in [-0.25, -0.2) is 4.98 Å². The van der Waals surface area contributed by atoms with Gasteiger partial charge in [0.25, 0.3) is 0 Å². The lowest BCUT2D eigenvalue weighted by atomic mass is 9.97. The van der Waals surface area contributed by atoms with E-state index < -0.39 is 0 Å². The third kappa shape index (κ3) is 2.29. The van der Waals surface area contributed by atoms with Gasteiger partial charge < -0.3 is 0 Å². The zero-order chi connectivity index (χ0) is 12.6. The number of carbonyl (C=O) groups is 1. The quantitative estimate of drug-likeness (QED) is 0.756. The molecule has 0 aliphatic rings. The highest BCUT2D eigenvalue weighted by Crippen LogP contribution is 2.19. The van der Waals surface area contributed by atoms with Gasteiger partial charge in [-0.05, 0) is 50.5 Å². The molecule has 1 heterocycles. The van der Waals surface area contributed by atoms with Crippen molar-refractivity contribution < 1.29 is 4.79 Å². The van der Waals surface area contributed by atoms with Gasteiger partial charge in [-0.3, -0.25) is 4.79 Å². The second-order valence-corrected chi connectivity index (χ2v) is 5.39. The second kappa shape index (κ2) is 4.41. The lowest BCUT2D eigenvalue weighted by molar-refractivity contribution is 0.103. The summed E-state index contributed by atoms with van der Waals surface area (Å²) < 4.78 is 0. The van der Waals surface area contributed by atoms with Crippen LogP contribution in [0.1, 0.15) is 37.7 Å². The number of hydrogen-bond acceptors (Lipinski definition) is 3. The molecule has 0 aliphatic heterocycles. The average Bonchev–Trinajstić information content (AvgIpc) is 2.69. The Kier molecular flexibility index (Phi) is 3.11. The van der Waals surface area contributed by atoms with Crippen molar-refractivity contribution in [1.82, 2.24) is 4.98 Å². The fourth-order valence-corrected chi connectivity index (χ4v) is 2.40. The molecule has 0 fully saturated rings. The highest BCUT2D eigenvalue weighted by atomic mass is 32.1. The third-order valence-corrected chi connectivity index (χ3v) is 3.71. The maximum Gasteiger partial charge on any atom is 0.212 e. The number of aromatic nitrogens is 1. The van der Waals surface area contributed by atoms with Crippen LogP contribution in [0.5, 0.6) is 0 Å². The number of nitrogens with zero attached hydrogens (tertiary/aromatic N) is 1. The predicted molar refractivity (Wildman–Crippen MR) is 70.9 cm³/mol. The van der Waals surface area contributed by atoms with Crippen molar-refractivity contribution >= 4 is 17.1 Å². The van der Waals surface area contributed by atoms with Crippen LogP contribution in [0, 0.1) is 27.7 Å². The summed E-state index contributed by atoms with van der Waals surface area (Å²) in [5.74, 6) is 0.0231. The van der Waals surface area contributed by atoms with E-state index in [-0.39, 0.29) is 5.78 Å². The lowest BCUT2D eigenvalue weighted by Gasteiger charge is -2.07. The molecule has 1 aromatic heterocycles. The number of ketones is 1. The number of thiazole rings is 1. The molecule has 0 aliphatic carbocycles. The smallest absolute Gasteiger partial charge is 0.212 e. The van der Waals surface area contributed by atoms with Crippen LogP contribution in [0.15, 0.2) is 17.5 Å². The topological polar surface area (TPSA) is 30.0 Å². The van der Waals surface area contributed by atoms with Crippen molar-refractivity contribution in [2.75, 3.05) is 0 Å². The number of carbonyl (C=O) groups excluding carboxylic acids is 1. The number of rotatable bonds is 2. The number of benzene rings is 1. The van der Waals surface area contributed by atoms with Gasteiger partial charge in [-0.1, -0.05) is 6.07 Å². The first kappa shape index (κ1) is 12.0. The monoisotopic (exact) mass is 245 g/mol. The molecular weight excluding hydrogens is 230 g/mol. The van der Waals surface area contributed by atoms with E-state index >= 15 is 0 Å². The van der Waals surface area contributed by atoms with Crippen molar-refractivity contribution in [3.05, 3.63) is 50.5 Å². The fourth-order valence-electron chi connectivity index (χ4n) is 1.81. The molecule has 3 heteroatoms. The molecule has 0 atom stereocenters. The van der Waals surface area contributed by atoms with Crippen LogP contribution in [0.3, 0.4) is 0 Å². The summed E-state index contributed by atoms with van der Waals surface area (Å²) in [7, 11) is 0. The van der Waals surface area contributed by atoms with E-state index in [4.69, 9.17) is 0 Å². The molecule has 0 spiro atoms. The van der Waals surface area contributed by atoms with E-state index in [1.165, 1.54) is 16.9 Å². The van der Waals surface area contributed by atoms with E-state index in [1.807, 2.05) is 32.2 Å². The SMILES string of the molecule is Cc1nc(C(=O)c2cc(C)c(C)cc2C)cs1. The fraction of sp³-hybridized carbons (Fsp3) is 0.286. The van der Waals surface area contributed by atoms with Crippen LogP contribution in [0.2, 0.25) is 0 Å². The maximum absolute atomic E-state index is 12.3. The average molecular weight is 245 g/mol. The molecule has 0 N–H and O–H groups in total. The summed E-state index contributed by atoms with van der Waals surface area (Å²) in [5, 5.41) is 2.75. The molecule has 2 rings (SSSR count). The van der Waals surface area contributed by atoms with E-state index in [2.05, 4.69) is 18.0 Å². The molecule has 17 heavy (non-hydrogen) atoms. The Morgan fingerprint density at radius 1 is 1.06 bits per heavy atom. The maximum atomic E-state index is 12.3. The van der Waals surface area contributed by atoms with Crippen LogP contribution in [0.25, 0.3) is 0 Å². The summed E-state index contributed by atoms with van der Waals surface area (Å²) in [5.41, 5.74) is 4.69. The van der Waals surface area contributed by atoms with E-state index in [1.54, 1.807) is 0 Å². The normalized spacial score (nSPS) is 10.6. The van der Waals surface area contributed by atoms with Gasteiger partial charge in [0, 0.05) is 10.9 Å². The molecule has 88 valence electrons. The molecule has 0 saturated carbocycles. The molecule has 0 unspecified atom stereocenters. The van der Waals surface area contributed by atoms with Crippen molar-refractivity contribution in [1.29, 1.82) is 0 Å². The van der Waals surface area contributed by atoms with Crippen molar-refractivity contribution in [3.8, 4) is 0 Å². The predicted octanol–water partition coefficient (Wildman–Crippen LogP) is 3.61. The standard InChI is InChI=1S/C14H15NOS/c1-8-5-10(3)12(6-9(8)2)14(16)13-7-17-11(4)15-13/h5-7H,1-4H3. The molecular formula is C14H15NOS. The molecule has 1 aromatic carbocycles. The molecule has 0 amide bonds. The Balaban J connectivity index is 2.47. The minimum atomic E-state index is 0.0231. The van der Waals surface area contributed by atoms with Crippen LogP contribution < -0.4 is 0 Å². The van der Waals surface area contributed by atoms with Crippen LogP contribution in [0.4, 0.5) is 0 Å². The van der Waals surface area contributed by atoms with Crippen LogP contribution in [-0.4, -0.2) is 10.8 Å². The van der Waals surface area contributed by atoms with Gasteiger partial charge in [-0.2, -0.15) is 0 Å². The van der Waals surface area contributed by atoms with E-state index in [9.17, 15) is 4.79 Å². The van der Waals surface area contributed by atoms with Crippen molar-refractivity contribution in [3.63, 3.8) is 0 Å². The number of aryl methyl sites for hydroxylation is 4. The second-order valence-electron chi connectivity index (χ2n) is 4.33. The molecule has 2 aromatic rings. The molecule has 0 radical (unpaired) electrons. The van der Waals surface area contributed by atoms with Crippen molar-refractivity contribution in [2.45, 2.75) is 27.7 Å². The Labute approximate surface area is 105 Å². The molecule has 0 saturated heterocycles. The van der Waals surface area contributed by atoms with E-state index in [0.717, 1.165) is 21.7 Å². The summed E-state index contributed by atoms with van der Waals surface area (Å²) in [6, 6.07) is 4.02. The van der Waals surface area contributed by atoms with Gasteiger partial charge in [0.15, 0.2) is 0 Å². The van der Waals surface area contributed by atoms with Gasteiger partial charge >= 0.3 is 0 Å². The van der Waals surface area contributed by atoms with Gasteiger partial charge in [0.1, 0.15) is 5.69 Å². The highest BCUT2D eigenvalue weighted by molar-refractivity contribution is 7.09. The lowest BCUT2D eigenvalue weighted by Crippen LogP contribution is -2.05. The summed E-state index contributed by atoms with van der Waals surface area (Å²) in [6.45, 7) is 7.97. The first-order valence-electron chi connectivity index (χ1n) is 5.53. The van der Waals surface area contributed by atoms with Gasteiger partial charge in [0.2, 0.25) is 5.78 Å². The zero-order valence-corrected chi connectivity index (χ0v) is 11.3. The van der Waals surface area contributed by atoms with E-state index in [0.29, 0.717) is 5.69 Å². The Morgan fingerprint density at radius 3 is 2.29 bits per heavy atom. The summed E-state index contributed by atoms with van der Waals surface area (Å²) in [6.07, 6.45) is 0. The third-order valence-electron chi connectivity index (χ3n) is 2.94. The Morgan fingerprint density at radius 2 is 1.71 bits per heavy atom. The first-order chi connectivity index (χ1) is 7.99. The highest BCUT2D eigenvalue weighted by Gasteiger charge is 2.15. The minimum Gasteiger partial charge on any atom is -0.287 e. The van der Waals surface area contributed by atoms with Crippen molar-refractivity contribution in [2.24, 2.45) is 0 Å². The Hall–Kier alpha value is -1.48. The minimum absolute atomic E-state index is 0.0231. The summed E-state index contributed by atoms with van der Waals surface area (Å²) >= 11 is 1.51. The molecule has 2 nitrogen and oxygen atoms in total. The Bertz CT molecular complexity index is 584. The summed E-state index contributed by atoms with van der Waals surface area (Å²) in [4.78, 5) is 16.5. The van der Waals surface area contributed by atoms with Gasteiger partial charge in [0.05, 0.1) is 5.01 Å². The zero-order valence-electron chi connectivity index (χ0n) is 10.5. The van der Waals surface area contributed by atoms with Crippen LogP contribution >= 0.6 is 11.3 Å². The largest absolute Gasteiger partial charge is 0.287 e. The van der Waals surface area contributed by atoms with Gasteiger partial charge in [-0.15, -0.1) is 11.3 Å².